The molecule has 0 aliphatic rings. The largest absolute Gasteiger partial charge is 0.323 e. The number of nitrogens with one attached hydrogen (secondary N) is 2. The van der Waals surface area contributed by atoms with Crippen molar-refractivity contribution in [2.24, 2.45) is 0 Å². The van der Waals surface area contributed by atoms with E-state index in [9.17, 15) is 4.79 Å². The van der Waals surface area contributed by atoms with Crippen LogP contribution >= 0.6 is 34.8 Å². The zero-order valence-corrected chi connectivity index (χ0v) is 12.7. The van der Waals surface area contributed by atoms with Gasteiger partial charge in [0.2, 0.25) is 0 Å². The van der Waals surface area contributed by atoms with Crippen LogP contribution in [0, 0.1) is 11.3 Å². The summed E-state index contributed by atoms with van der Waals surface area (Å²) < 4.78 is 0. The molecule has 0 bridgehead atoms. The second-order valence-corrected chi connectivity index (χ2v) is 5.24. The summed E-state index contributed by atoms with van der Waals surface area (Å²) in [6.45, 7) is 0. The van der Waals surface area contributed by atoms with E-state index in [1.54, 1.807) is 24.3 Å². The average Bonchev–Trinajstić information content (AvgIpc) is 2.45. The third-order valence-corrected chi connectivity index (χ3v) is 3.56. The highest BCUT2D eigenvalue weighted by Gasteiger charge is 2.09. The number of halogens is 3. The van der Waals surface area contributed by atoms with Crippen molar-refractivity contribution in [2.45, 2.75) is 0 Å². The fourth-order valence-electron chi connectivity index (χ4n) is 1.53. The van der Waals surface area contributed by atoms with Crippen molar-refractivity contribution in [3.05, 3.63) is 57.0 Å². The number of carbonyl (C=O) groups is 1. The van der Waals surface area contributed by atoms with E-state index in [0.717, 1.165) is 0 Å². The first-order chi connectivity index (χ1) is 9.99. The molecule has 0 spiro atoms. The number of nitrogens with zero attached hydrogens (tertiary/aromatic N) is 1. The first-order valence-electron chi connectivity index (χ1n) is 5.72. The van der Waals surface area contributed by atoms with Crippen LogP contribution in [0.4, 0.5) is 16.2 Å². The van der Waals surface area contributed by atoms with Crippen molar-refractivity contribution < 1.29 is 4.79 Å². The molecule has 7 heteroatoms. The van der Waals surface area contributed by atoms with Crippen LogP contribution in [0.1, 0.15) is 5.56 Å². The highest BCUT2D eigenvalue weighted by atomic mass is 35.5. The van der Waals surface area contributed by atoms with E-state index >= 15 is 0 Å². The van der Waals surface area contributed by atoms with Crippen LogP contribution in [-0.2, 0) is 0 Å². The summed E-state index contributed by atoms with van der Waals surface area (Å²) in [6.07, 6.45) is 0. The molecule has 0 saturated carbocycles. The van der Waals surface area contributed by atoms with Gasteiger partial charge in [-0.25, -0.2) is 4.79 Å². The number of urea groups is 1. The molecule has 0 aromatic heterocycles. The first-order valence-corrected chi connectivity index (χ1v) is 6.85. The molecule has 0 aliphatic carbocycles. The van der Waals surface area contributed by atoms with Crippen LogP contribution in [0.15, 0.2) is 36.4 Å². The van der Waals surface area contributed by atoms with Gasteiger partial charge in [-0.15, -0.1) is 0 Å². The molecule has 106 valence electrons. The Kier molecular flexibility index (Phi) is 4.92. The van der Waals surface area contributed by atoms with Gasteiger partial charge >= 0.3 is 6.03 Å². The lowest BCUT2D eigenvalue weighted by Gasteiger charge is -2.10. The molecule has 0 radical (unpaired) electrons. The van der Waals surface area contributed by atoms with E-state index in [4.69, 9.17) is 40.1 Å². The first kappa shape index (κ1) is 15.5. The van der Waals surface area contributed by atoms with Gasteiger partial charge < -0.3 is 10.6 Å². The van der Waals surface area contributed by atoms with Crippen molar-refractivity contribution in [1.82, 2.24) is 0 Å². The summed E-state index contributed by atoms with van der Waals surface area (Å²) in [7, 11) is 0. The zero-order chi connectivity index (χ0) is 15.4. The van der Waals surface area contributed by atoms with E-state index in [1.807, 2.05) is 6.07 Å². The van der Waals surface area contributed by atoms with Gasteiger partial charge in [0.05, 0.1) is 32.4 Å². The van der Waals surface area contributed by atoms with Crippen LogP contribution in [0.3, 0.4) is 0 Å². The lowest BCUT2D eigenvalue weighted by molar-refractivity contribution is 0.262. The summed E-state index contributed by atoms with van der Waals surface area (Å²) in [4.78, 5) is 11.9. The van der Waals surface area contributed by atoms with Gasteiger partial charge in [-0.1, -0.05) is 34.8 Å². The summed E-state index contributed by atoms with van der Waals surface area (Å²) in [5.41, 5.74) is 1.40. The molecule has 0 heterocycles. The molecule has 21 heavy (non-hydrogen) atoms. The van der Waals surface area contributed by atoms with Gasteiger partial charge in [-0.3, -0.25) is 0 Å². The Hall–Kier alpha value is -1.93. The Morgan fingerprint density at radius 2 is 1.57 bits per heavy atom. The maximum atomic E-state index is 11.9. The Morgan fingerprint density at radius 3 is 2.19 bits per heavy atom. The quantitative estimate of drug-likeness (QED) is 0.741. The third-order valence-electron chi connectivity index (χ3n) is 2.53. The monoisotopic (exact) mass is 339 g/mol. The average molecular weight is 341 g/mol. The molecule has 2 amide bonds. The molecular weight excluding hydrogens is 333 g/mol. The minimum absolute atomic E-state index is 0.277. The van der Waals surface area contributed by atoms with Crippen molar-refractivity contribution in [3.63, 3.8) is 0 Å². The molecular formula is C14H8Cl3N3O. The maximum absolute atomic E-state index is 11.9. The van der Waals surface area contributed by atoms with E-state index in [2.05, 4.69) is 10.6 Å². The fraction of sp³-hybridized carbons (Fsp3) is 0. The van der Waals surface area contributed by atoms with Crippen molar-refractivity contribution >= 4 is 52.2 Å². The number of nitriles is 1. The SMILES string of the molecule is N#Cc1ccc(NC(=O)Nc2cc(Cl)c(Cl)cc2Cl)cc1. The number of hydrogen-bond donors (Lipinski definition) is 2. The number of carbonyl (C=O) groups excluding carboxylic acids is 1. The molecule has 0 saturated heterocycles. The molecule has 0 unspecified atom stereocenters. The van der Waals surface area contributed by atoms with Crippen LogP contribution < -0.4 is 10.6 Å². The van der Waals surface area contributed by atoms with E-state index in [0.29, 0.717) is 22.0 Å². The topological polar surface area (TPSA) is 64.9 Å². The minimum atomic E-state index is -0.486. The molecule has 4 nitrogen and oxygen atoms in total. The van der Waals surface area contributed by atoms with Gasteiger partial charge in [0.15, 0.2) is 0 Å². The smallest absolute Gasteiger partial charge is 0.308 e. The van der Waals surface area contributed by atoms with Gasteiger partial charge in [-0.2, -0.15) is 5.26 Å². The van der Waals surface area contributed by atoms with Crippen molar-refractivity contribution in [2.75, 3.05) is 10.6 Å². The zero-order valence-electron chi connectivity index (χ0n) is 10.5. The number of hydrogen-bond acceptors (Lipinski definition) is 2. The highest BCUT2D eigenvalue weighted by Crippen LogP contribution is 2.32. The van der Waals surface area contributed by atoms with E-state index < -0.39 is 6.03 Å². The number of rotatable bonds is 2. The van der Waals surface area contributed by atoms with Crippen molar-refractivity contribution in [1.29, 1.82) is 5.26 Å². The third kappa shape index (κ3) is 4.02. The van der Waals surface area contributed by atoms with Gasteiger partial charge in [0.1, 0.15) is 0 Å². The molecule has 2 aromatic carbocycles. The number of anilines is 2. The predicted octanol–water partition coefficient (Wildman–Crippen LogP) is 5.16. The Labute approximate surface area is 136 Å². The maximum Gasteiger partial charge on any atom is 0.323 e. The van der Waals surface area contributed by atoms with Gasteiger partial charge in [-0.05, 0) is 36.4 Å². The fourth-order valence-corrected chi connectivity index (χ4v) is 2.13. The second-order valence-electron chi connectivity index (χ2n) is 4.01. The Bertz CT molecular complexity index is 723. The Balaban J connectivity index is 2.08. The summed E-state index contributed by atoms with van der Waals surface area (Å²) >= 11 is 17.6. The predicted molar refractivity (Wildman–Crippen MR) is 85.3 cm³/mol. The molecule has 2 N–H and O–H groups in total. The van der Waals surface area contributed by atoms with Crippen molar-refractivity contribution in [3.8, 4) is 6.07 Å². The molecule has 2 rings (SSSR count). The summed E-state index contributed by atoms with van der Waals surface area (Å²) in [5.74, 6) is 0. The minimum Gasteiger partial charge on any atom is -0.308 e. The van der Waals surface area contributed by atoms with Crippen LogP contribution in [0.5, 0.6) is 0 Å². The normalized spacial score (nSPS) is 9.81. The molecule has 0 aliphatic heterocycles. The summed E-state index contributed by atoms with van der Waals surface area (Å²) in [5, 5.41) is 14.7. The number of benzene rings is 2. The van der Waals surface area contributed by atoms with Crippen LogP contribution in [0.25, 0.3) is 0 Å². The van der Waals surface area contributed by atoms with Gasteiger partial charge in [0, 0.05) is 5.69 Å². The molecule has 2 aromatic rings. The molecule has 0 atom stereocenters. The lowest BCUT2D eigenvalue weighted by atomic mass is 10.2. The van der Waals surface area contributed by atoms with Gasteiger partial charge in [0.25, 0.3) is 0 Å². The summed E-state index contributed by atoms with van der Waals surface area (Å²) in [6, 6.07) is 10.9. The lowest BCUT2D eigenvalue weighted by Crippen LogP contribution is -2.19. The highest BCUT2D eigenvalue weighted by molar-refractivity contribution is 6.44. The van der Waals surface area contributed by atoms with E-state index in [1.165, 1.54) is 12.1 Å². The number of amides is 2. The van der Waals surface area contributed by atoms with E-state index in [-0.39, 0.29) is 10.0 Å². The van der Waals surface area contributed by atoms with Crippen LogP contribution in [0.2, 0.25) is 15.1 Å². The molecule has 0 fully saturated rings. The standard InChI is InChI=1S/C14H8Cl3N3O/c15-10-5-12(17)13(6-11(10)16)20-14(21)19-9-3-1-8(7-18)2-4-9/h1-6H,(H2,19,20,21). The second kappa shape index (κ2) is 6.68. The van der Waals surface area contributed by atoms with Crippen LogP contribution in [-0.4, -0.2) is 6.03 Å². The Morgan fingerprint density at radius 1 is 0.952 bits per heavy atom.